The third-order valence-electron chi connectivity index (χ3n) is 3.61. The standard InChI is InChI=1S/C18H20ClN3O2/c1-13-6-7-15(19)11-17(13)21-18(24)8-10-22(14(2)23)12-16-5-3-4-9-20-16/h3-7,9,11H,8,10,12H2,1-2H3,(H,21,24). The van der Waals surface area contributed by atoms with Gasteiger partial charge in [-0.3, -0.25) is 14.6 Å². The SMILES string of the molecule is CC(=O)N(CCC(=O)Nc1cc(Cl)ccc1C)Cc1ccccn1. The first kappa shape index (κ1) is 17.9. The summed E-state index contributed by atoms with van der Waals surface area (Å²) in [6.07, 6.45) is 1.89. The van der Waals surface area contributed by atoms with Crippen LogP contribution in [-0.2, 0) is 16.1 Å². The van der Waals surface area contributed by atoms with Crippen LogP contribution in [-0.4, -0.2) is 28.2 Å². The van der Waals surface area contributed by atoms with Crippen molar-refractivity contribution < 1.29 is 9.59 Å². The maximum atomic E-state index is 12.1. The highest BCUT2D eigenvalue weighted by Gasteiger charge is 2.13. The second-order valence-electron chi connectivity index (χ2n) is 5.52. The fourth-order valence-electron chi connectivity index (χ4n) is 2.21. The molecule has 0 fully saturated rings. The van der Waals surface area contributed by atoms with Gasteiger partial charge in [-0.05, 0) is 36.8 Å². The molecule has 0 aliphatic heterocycles. The Balaban J connectivity index is 1.92. The van der Waals surface area contributed by atoms with Gasteiger partial charge in [-0.25, -0.2) is 0 Å². The highest BCUT2D eigenvalue weighted by Crippen LogP contribution is 2.20. The molecular formula is C18H20ClN3O2. The van der Waals surface area contributed by atoms with Crippen LogP contribution in [0.5, 0.6) is 0 Å². The number of aromatic nitrogens is 1. The van der Waals surface area contributed by atoms with Crippen molar-refractivity contribution in [3.05, 3.63) is 58.9 Å². The number of hydrogen-bond acceptors (Lipinski definition) is 3. The normalized spacial score (nSPS) is 10.3. The number of carbonyl (C=O) groups excluding carboxylic acids is 2. The molecule has 0 aliphatic carbocycles. The zero-order valence-electron chi connectivity index (χ0n) is 13.8. The molecule has 6 heteroatoms. The lowest BCUT2D eigenvalue weighted by molar-refractivity contribution is -0.130. The van der Waals surface area contributed by atoms with Crippen molar-refractivity contribution in [2.24, 2.45) is 0 Å². The van der Waals surface area contributed by atoms with Crippen molar-refractivity contribution in [3.63, 3.8) is 0 Å². The van der Waals surface area contributed by atoms with E-state index in [1.807, 2.05) is 31.2 Å². The van der Waals surface area contributed by atoms with Gasteiger partial charge in [0.2, 0.25) is 11.8 Å². The van der Waals surface area contributed by atoms with Gasteiger partial charge in [0.25, 0.3) is 0 Å². The first-order valence-electron chi connectivity index (χ1n) is 7.67. The number of rotatable bonds is 6. The van der Waals surface area contributed by atoms with Gasteiger partial charge in [-0.15, -0.1) is 0 Å². The summed E-state index contributed by atoms with van der Waals surface area (Å²) in [6, 6.07) is 10.9. The fourth-order valence-corrected chi connectivity index (χ4v) is 2.39. The molecule has 1 heterocycles. The summed E-state index contributed by atoms with van der Waals surface area (Å²) < 4.78 is 0. The summed E-state index contributed by atoms with van der Waals surface area (Å²) in [7, 11) is 0. The molecule has 0 spiro atoms. The molecule has 0 saturated carbocycles. The molecule has 0 atom stereocenters. The Labute approximate surface area is 146 Å². The minimum absolute atomic E-state index is 0.0904. The van der Waals surface area contributed by atoms with E-state index in [1.165, 1.54) is 6.92 Å². The number of halogens is 1. The number of anilines is 1. The quantitative estimate of drug-likeness (QED) is 0.872. The van der Waals surface area contributed by atoms with Gasteiger partial charge >= 0.3 is 0 Å². The number of carbonyl (C=O) groups is 2. The zero-order chi connectivity index (χ0) is 17.5. The molecule has 24 heavy (non-hydrogen) atoms. The minimum atomic E-state index is -0.160. The van der Waals surface area contributed by atoms with Gasteiger partial charge in [-0.1, -0.05) is 23.7 Å². The topological polar surface area (TPSA) is 62.3 Å². The zero-order valence-corrected chi connectivity index (χ0v) is 14.5. The molecule has 2 amide bonds. The fraction of sp³-hybridized carbons (Fsp3) is 0.278. The van der Waals surface area contributed by atoms with Crippen LogP contribution < -0.4 is 5.32 Å². The molecule has 5 nitrogen and oxygen atoms in total. The van der Waals surface area contributed by atoms with Crippen molar-refractivity contribution in [2.75, 3.05) is 11.9 Å². The third-order valence-corrected chi connectivity index (χ3v) is 3.84. The van der Waals surface area contributed by atoms with E-state index < -0.39 is 0 Å². The molecule has 126 valence electrons. The molecule has 2 rings (SSSR count). The summed E-state index contributed by atoms with van der Waals surface area (Å²) in [5, 5.41) is 3.40. The summed E-state index contributed by atoms with van der Waals surface area (Å²) in [4.78, 5) is 29.7. The predicted octanol–water partition coefficient (Wildman–Crippen LogP) is 3.42. The molecule has 1 aromatic heterocycles. The average molecular weight is 346 g/mol. The number of nitrogens with zero attached hydrogens (tertiary/aromatic N) is 2. The van der Waals surface area contributed by atoms with Crippen LogP contribution in [0.3, 0.4) is 0 Å². The smallest absolute Gasteiger partial charge is 0.226 e. The number of aryl methyl sites for hydroxylation is 1. The molecule has 1 aromatic carbocycles. The van der Waals surface area contributed by atoms with E-state index in [4.69, 9.17) is 11.6 Å². The lowest BCUT2D eigenvalue weighted by Gasteiger charge is -2.20. The number of amides is 2. The van der Waals surface area contributed by atoms with Gasteiger partial charge in [-0.2, -0.15) is 0 Å². The molecule has 0 radical (unpaired) electrons. The molecule has 2 aromatic rings. The number of benzene rings is 1. The van der Waals surface area contributed by atoms with Gasteiger partial charge in [0.05, 0.1) is 12.2 Å². The monoisotopic (exact) mass is 345 g/mol. The van der Waals surface area contributed by atoms with Gasteiger partial charge < -0.3 is 10.2 Å². The van der Waals surface area contributed by atoms with Crippen molar-refractivity contribution >= 4 is 29.1 Å². The second kappa shape index (κ2) is 8.45. The Kier molecular flexibility index (Phi) is 6.32. The Morgan fingerprint density at radius 2 is 2.04 bits per heavy atom. The van der Waals surface area contributed by atoms with E-state index in [2.05, 4.69) is 10.3 Å². The van der Waals surface area contributed by atoms with Gasteiger partial charge in [0.1, 0.15) is 0 Å². The van der Waals surface area contributed by atoms with Crippen molar-refractivity contribution in [1.82, 2.24) is 9.88 Å². The third kappa shape index (κ3) is 5.35. The molecule has 0 aliphatic rings. The Hall–Kier alpha value is -2.40. The van der Waals surface area contributed by atoms with Crippen molar-refractivity contribution in [3.8, 4) is 0 Å². The molecular weight excluding hydrogens is 326 g/mol. The van der Waals surface area contributed by atoms with Crippen LogP contribution >= 0.6 is 11.6 Å². The number of hydrogen-bond donors (Lipinski definition) is 1. The van der Waals surface area contributed by atoms with E-state index in [1.54, 1.807) is 23.2 Å². The van der Waals surface area contributed by atoms with E-state index in [0.29, 0.717) is 23.8 Å². The average Bonchev–Trinajstić information content (AvgIpc) is 2.55. The van der Waals surface area contributed by atoms with E-state index in [0.717, 1.165) is 11.3 Å². The van der Waals surface area contributed by atoms with E-state index in [9.17, 15) is 9.59 Å². The lowest BCUT2D eigenvalue weighted by Crippen LogP contribution is -2.31. The largest absolute Gasteiger partial charge is 0.337 e. The van der Waals surface area contributed by atoms with Crippen LogP contribution in [0.4, 0.5) is 5.69 Å². The van der Waals surface area contributed by atoms with Crippen LogP contribution in [0.1, 0.15) is 24.6 Å². The van der Waals surface area contributed by atoms with E-state index >= 15 is 0 Å². The Morgan fingerprint density at radius 1 is 1.25 bits per heavy atom. The van der Waals surface area contributed by atoms with Crippen LogP contribution in [0.25, 0.3) is 0 Å². The first-order valence-corrected chi connectivity index (χ1v) is 8.05. The Bertz CT molecular complexity index is 719. The van der Waals surface area contributed by atoms with Crippen LogP contribution in [0, 0.1) is 6.92 Å². The summed E-state index contributed by atoms with van der Waals surface area (Å²) in [5.41, 5.74) is 2.41. The predicted molar refractivity (Wildman–Crippen MR) is 94.8 cm³/mol. The summed E-state index contributed by atoms with van der Waals surface area (Å²) in [5.74, 6) is -0.250. The van der Waals surface area contributed by atoms with E-state index in [-0.39, 0.29) is 18.2 Å². The molecule has 0 unspecified atom stereocenters. The minimum Gasteiger partial charge on any atom is -0.337 e. The maximum absolute atomic E-state index is 12.1. The van der Waals surface area contributed by atoms with Crippen LogP contribution in [0.15, 0.2) is 42.6 Å². The lowest BCUT2D eigenvalue weighted by atomic mass is 10.2. The van der Waals surface area contributed by atoms with Crippen LogP contribution in [0.2, 0.25) is 5.02 Å². The number of pyridine rings is 1. The second-order valence-corrected chi connectivity index (χ2v) is 5.96. The van der Waals surface area contributed by atoms with Crippen molar-refractivity contribution in [1.29, 1.82) is 0 Å². The Morgan fingerprint density at radius 3 is 2.71 bits per heavy atom. The highest BCUT2D eigenvalue weighted by molar-refractivity contribution is 6.31. The summed E-state index contributed by atoms with van der Waals surface area (Å²) in [6.45, 7) is 4.11. The molecule has 0 bridgehead atoms. The molecule has 1 N–H and O–H groups in total. The first-order chi connectivity index (χ1) is 11.5. The summed E-state index contributed by atoms with van der Waals surface area (Å²) >= 11 is 5.95. The maximum Gasteiger partial charge on any atom is 0.226 e. The van der Waals surface area contributed by atoms with Gasteiger partial charge in [0.15, 0.2) is 0 Å². The van der Waals surface area contributed by atoms with Gasteiger partial charge in [0, 0.05) is 36.8 Å². The highest BCUT2D eigenvalue weighted by atomic mass is 35.5. The molecule has 0 saturated heterocycles. The van der Waals surface area contributed by atoms with Crippen molar-refractivity contribution in [2.45, 2.75) is 26.8 Å². The number of nitrogens with one attached hydrogen (secondary N) is 1.